The molecule has 1 nitrogen and oxygen atoms in total. The molecule has 0 amide bonds. The molecule has 0 bridgehead atoms. The molecule has 2 N–H and O–H groups in total. The second kappa shape index (κ2) is 7.10. The fraction of sp³-hybridized carbons (Fsp3) is 0.333. The van der Waals surface area contributed by atoms with Crippen LogP contribution in [0.5, 0.6) is 0 Å². The zero-order chi connectivity index (χ0) is 15.4. The average molecular weight is 303 g/mol. The Hall–Kier alpha value is -1.32. The van der Waals surface area contributed by atoms with Crippen LogP contribution in [0.4, 0.5) is 4.39 Å². The van der Waals surface area contributed by atoms with E-state index in [9.17, 15) is 4.39 Å². The van der Waals surface area contributed by atoms with Gasteiger partial charge in [-0.3, -0.25) is 0 Å². The minimum absolute atomic E-state index is 0.00904. The number of thioether (sulfide) groups is 1. The van der Waals surface area contributed by atoms with Gasteiger partial charge in [-0.2, -0.15) is 0 Å². The molecule has 0 saturated carbocycles. The minimum atomic E-state index is -0.214. The van der Waals surface area contributed by atoms with Crippen LogP contribution in [0.1, 0.15) is 43.1 Å². The van der Waals surface area contributed by atoms with Gasteiger partial charge >= 0.3 is 0 Å². The van der Waals surface area contributed by atoms with Crippen molar-refractivity contribution in [2.75, 3.05) is 0 Å². The maximum Gasteiger partial charge on any atom is 0.123 e. The molecule has 0 heterocycles. The van der Waals surface area contributed by atoms with Crippen LogP contribution in [0.25, 0.3) is 0 Å². The summed E-state index contributed by atoms with van der Waals surface area (Å²) in [6.07, 6.45) is 0. The van der Waals surface area contributed by atoms with Crippen molar-refractivity contribution >= 4 is 11.8 Å². The van der Waals surface area contributed by atoms with Crippen molar-refractivity contribution in [3.8, 4) is 0 Å². The molecule has 0 aliphatic heterocycles. The lowest BCUT2D eigenvalue weighted by atomic mass is 10.0. The lowest BCUT2D eigenvalue weighted by Gasteiger charge is -2.21. The Labute approximate surface area is 130 Å². The lowest BCUT2D eigenvalue weighted by molar-refractivity contribution is 0.625. The minimum Gasteiger partial charge on any atom is -0.327 e. The van der Waals surface area contributed by atoms with E-state index in [2.05, 4.69) is 38.1 Å². The predicted octanol–water partition coefficient (Wildman–Crippen LogP) is 5.13. The van der Waals surface area contributed by atoms with Gasteiger partial charge < -0.3 is 5.73 Å². The predicted molar refractivity (Wildman–Crippen MR) is 89.2 cm³/mol. The standard InChI is InChI=1S/C18H22FNS/c1-12(2)14-6-10-17(11-7-14)21-18(13(3)20)15-4-8-16(19)9-5-15/h4-13,18H,20H2,1-3H3. The fourth-order valence-electron chi connectivity index (χ4n) is 2.21. The molecular weight excluding hydrogens is 281 g/mol. The van der Waals surface area contributed by atoms with Crippen LogP contribution in [0, 0.1) is 5.82 Å². The molecule has 0 aliphatic carbocycles. The summed E-state index contributed by atoms with van der Waals surface area (Å²) in [5, 5.41) is 0.121. The molecule has 2 rings (SSSR count). The Balaban J connectivity index is 2.18. The van der Waals surface area contributed by atoms with Gasteiger partial charge in [-0.25, -0.2) is 4.39 Å². The molecule has 2 atom stereocenters. The summed E-state index contributed by atoms with van der Waals surface area (Å²) in [7, 11) is 0. The van der Waals surface area contributed by atoms with Crippen LogP contribution >= 0.6 is 11.8 Å². The van der Waals surface area contributed by atoms with Crippen molar-refractivity contribution < 1.29 is 4.39 Å². The van der Waals surface area contributed by atoms with Crippen molar-refractivity contribution in [1.29, 1.82) is 0 Å². The van der Waals surface area contributed by atoms with Crippen LogP contribution in [-0.2, 0) is 0 Å². The molecule has 2 unspecified atom stereocenters. The Morgan fingerprint density at radius 1 is 0.857 bits per heavy atom. The highest BCUT2D eigenvalue weighted by Gasteiger charge is 2.18. The summed E-state index contributed by atoms with van der Waals surface area (Å²) in [5.74, 6) is 0.318. The molecule has 0 fully saturated rings. The average Bonchev–Trinajstić information content (AvgIpc) is 2.46. The first-order valence-corrected chi connectivity index (χ1v) is 8.13. The van der Waals surface area contributed by atoms with Crippen LogP contribution < -0.4 is 5.73 Å². The zero-order valence-electron chi connectivity index (χ0n) is 12.7. The van der Waals surface area contributed by atoms with Crippen molar-refractivity contribution in [3.05, 3.63) is 65.5 Å². The maximum absolute atomic E-state index is 13.1. The molecule has 0 saturated heterocycles. The molecule has 3 heteroatoms. The molecular formula is C18H22FNS. The summed E-state index contributed by atoms with van der Waals surface area (Å²) in [5.41, 5.74) is 8.51. The number of halogens is 1. The van der Waals surface area contributed by atoms with Gasteiger partial charge in [0.05, 0.1) is 0 Å². The number of hydrogen-bond acceptors (Lipinski definition) is 2. The van der Waals surface area contributed by atoms with E-state index in [1.165, 1.54) is 22.6 Å². The van der Waals surface area contributed by atoms with Gasteiger partial charge in [-0.05, 0) is 48.2 Å². The molecule has 0 spiro atoms. The van der Waals surface area contributed by atoms with E-state index >= 15 is 0 Å². The van der Waals surface area contributed by atoms with Gasteiger partial charge in [0.25, 0.3) is 0 Å². The highest BCUT2D eigenvalue weighted by molar-refractivity contribution is 7.99. The van der Waals surface area contributed by atoms with Crippen LogP contribution in [0.3, 0.4) is 0 Å². The monoisotopic (exact) mass is 303 g/mol. The van der Waals surface area contributed by atoms with E-state index in [0.29, 0.717) is 5.92 Å². The van der Waals surface area contributed by atoms with Crippen LogP contribution in [0.15, 0.2) is 53.4 Å². The highest BCUT2D eigenvalue weighted by Crippen LogP contribution is 2.37. The van der Waals surface area contributed by atoms with Gasteiger partial charge in [0.1, 0.15) is 5.82 Å². The van der Waals surface area contributed by atoms with Gasteiger partial charge in [0.2, 0.25) is 0 Å². The van der Waals surface area contributed by atoms with E-state index < -0.39 is 0 Å². The van der Waals surface area contributed by atoms with Gasteiger partial charge in [0, 0.05) is 16.2 Å². The fourth-order valence-corrected chi connectivity index (χ4v) is 3.30. The first-order valence-electron chi connectivity index (χ1n) is 7.25. The summed E-state index contributed by atoms with van der Waals surface area (Å²) in [6.45, 7) is 6.36. The molecule has 0 radical (unpaired) electrons. The topological polar surface area (TPSA) is 26.0 Å². The second-order valence-electron chi connectivity index (χ2n) is 5.67. The van der Waals surface area contributed by atoms with Crippen molar-refractivity contribution in [3.63, 3.8) is 0 Å². The Morgan fingerprint density at radius 2 is 1.38 bits per heavy atom. The summed E-state index contributed by atoms with van der Waals surface area (Å²) < 4.78 is 13.1. The van der Waals surface area contributed by atoms with Crippen molar-refractivity contribution in [2.45, 2.75) is 42.9 Å². The molecule has 2 aromatic carbocycles. The Bertz CT molecular complexity index is 561. The largest absolute Gasteiger partial charge is 0.327 e. The third-order valence-corrected chi connectivity index (χ3v) is 4.99. The quantitative estimate of drug-likeness (QED) is 0.775. The van der Waals surface area contributed by atoms with Crippen molar-refractivity contribution in [2.24, 2.45) is 5.73 Å². The number of benzene rings is 2. The van der Waals surface area contributed by atoms with E-state index in [-0.39, 0.29) is 17.1 Å². The van der Waals surface area contributed by atoms with Gasteiger partial charge in [-0.1, -0.05) is 38.1 Å². The highest BCUT2D eigenvalue weighted by atomic mass is 32.2. The van der Waals surface area contributed by atoms with E-state index in [0.717, 1.165) is 5.56 Å². The molecule has 0 aromatic heterocycles. The third-order valence-electron chi connectivity index (χ3n) is 3.49. The normalized spacial score (nSPS) is 14.2. The lowest BCUT2D eigenvalue weighted by Crippen LogP contribution is -2.22. The van der Waals surface area contributed by atoms with Crippen LogP contribution in [0.2, 0.25) is 0 Å². The number of hydrogen-bond donors (Lipinski definition) is 1. The first kappa shape index (κ1) is 16.1. The van der Waals surface area contributed by atoms with Crippen molar-refractivity contribution in [1.82, 2.24) is 0 Å². The SMILES string of the molecule is CC(C)c1ccc(SC(c2ccc(F)cc2)C(C)N)cc1. The smallest absolute Gasteiger partial charge is 0.123 e. The second-order valence-corrected chi connectivity index (χ2v) is 6.89. The Kier molecular flexibility index (Phi) is 5.43. The zero-order valence-corrected chi connectivity index (χ0v) is 13.5. The molecule has 112 valence electrons. The molecule has 2 aromatic rings. The summed E-state index contributed by atoms with van der Waals surface area (Å²) in [6, 6.07) is 15.2. The van der Waals surface area contributed by atoms with E-state index in [4.69, 9.17) is 5.73 Å². The van der Waals surface area contributed by atoms with Crippen LogP contribution in [-0.4, -0.2) is 6.04 Å². The number of nitrogens with two attached hydrogens (primary N) is 1. The van der Waals surface area contributed by atoms with Gasteiger partial charge in [0.15, 0.2) is 0 Å². The van der Waals surface area contributed by atoms with E-state index in [1.807, 2.05) is 19.1 Å². The maximum atomic E-state index is 13.1. The third kappa shape index (κ3) is 4.32. The summed E-state index contributed by atoms with van der Waals surface area (Å²) >= 11 is 1.73. The molecule has 21 heavy (non-hydrogen) atoms. The number of rotatable bonds is 5. The first-order chi connectivity index (χ1) is 9.97. The Morgan fingerprint density at radius 3 is 1.86 bits per heavy atom. The molecule has 0 aliphatic rings. The summed E-state index contributed by atoms with van der Waals surface area (Å²) in [4.78, 5) is 1.19. The van der Waals surface area contributed by atoms with E-state index in [1.54, 1.807) is 11.8 Å². The van der Waals surface area contributed by atoms with Gasteiger partial charge in [-0.15, -0.1) is 11.8 Å².